The molecule has 1 N–H and O–H groups in total. The Morgan fingerprint density at radius 3 is 2.83 bits per heavy atom. The van der Waals surface area contributed by atoms with Gasteiger partial charge < -0.3 is 14.6 Å². The number of aliphatic hydroxyl groups is 1. The first-order valence-electron chi connectivity index (χ1n) is 8.06. The zero-order valence-corrected chi connectivity index (χ0v) is 14.1. The molecule has 0 aromatic rings. The van der Waals surface area contributed by atoms with Crippen molar-refractivity contribution in [1.82, 2.24) is 0 Å². The normalized spacial score (nSPS) is 23.4. The standard InChI is InChI=1S/C19H26O4/c1-19(2)12-6-8-17(19)23-13-14-10-11-15(14)16(20)7-4-5-9-18(21)22-3/h5-6,8-11,16-17,20H,4,7,12-13H2,1-3H3/b9-5+/t16-,17?/m1/s1. The van der Waals surface area contributed by atoms with E-state index in [4.69, 9.17) is 4.74 Å². The molecule has 0 amide bonds. The van der Waals surface area contributed by atoms with Crippen LogP contribution in [-0.4, -0.2) is 37.0 Å². The summed E-state index contributed by atoms with van der Waals surface area (Å²) >= 11 is 0. The summed E-state index contributed by atoms with van der Waals surface area (Å²) in [5, 5.41) is 10.2. The van der Waals surface area contributed by atoms with Crippen LogP contribution in [-0.2, 0) is 14.3 Å². The van der Waals surface area contributed by atoms with E-state index in [1.807, 2.05) is 12.2 Å². The number of methoxy groups -OCH3 is 1. The highest BCUT2D eigenvalue weighted by Gasteiger charge is 2.31. The van der Waals surface area contributed by atoms with Crippen molar-refractivity contribution >= 4 is 5.97 Å². The summed E-state index contributed by atoms with van der Waals surface area (Å²) in [5.74, 6) is -0.372. The van der Waals surface area contributed by atoms with Crippen LogP contribution < -0.4 is 0 Å². The van der Waals surface area contributed by atoms with Crippen molar-refractivity contribution in [3.8, 4) is 0 Å². The molecule has 0 heterocycles. The first-order chi connectivity index (χ1) is 10.9. The zero-order chi connectivity index (χ0) is 16.9. The van der Waals surface area contributed by atoms with Gasteiger partial charge in [-0.25, -0.2) is 4.79 Å². The number of hydrogen-bond acceptors (Lipinski definition) is 4. The van der Waals surface area contributed by atoms with Gasteiger partial charge in [0.25, 0.3) is 0 Å². The molecule has 2 aliphatic carbocycles. The molecule has 4 nitrogen and oxygen atoms in total. The molecule has 2 rings (SSSR count). The monoisotopic (exact) mass is 318 g/mol. The number of ether oxygens (including phenoxy) is 2. The Morgan fingerprint density at radius 1 is 1.48 bits per heavy atom. The summed E-state index contributed by atoms with van der Waals surface area (Å²) < 4.78 is 10.5. The maximum Gasteiger partial charge on any atom is 0.330 e. The number of allylic oxidation sites excluding steroid dienone is 2. The molecule has 4 heteroatoms. The van der Waals surface area contributed by atoms with Gasteiger partial charge in [-0.05, 0) is 35.8 Å². The van der Waals surface area contributed by atoms with E-state index in [0.717, 1.165) is 17.6 Å². The first-order valence-corrected chi connectivity index (χ1v) is 8.06. The maximum absolute atomic E-state index is 11.0. The number of aliphatic hydroxyl groups excluding tert-OH is 1. The van der Waals surface area contributed by atoms with E-state index in [1.165, 1.54) is 13.2 Å². The Bertz CT molecular complexity index is 552. The Balaban J connectivity index is 1.78. The van der Waals surface area contributed by atoms with Crippen LogP contribution in [0.4, 0.5) is 0 Å². The molecule has 0 spiro atoms. The largest absolute Gasteiger partial charge is 0.466 e. The lowest BCUT2D eigenvalue weighted by molar-refractivity contribution is -0.134. The Labute approximate surface area is 138 Å². The molecular weight excluding hydrogens is 292 g/mol. The molecule has 23 heavy (non-hydrogen) atoms. The summed E-state index contributed by atoms with van der Waals surface area (Å²) in [6, 6.07) is 0. The van der Waals surface area contributed by atoms with Crippen molar-refractivity contribution in [2.45, 2.75) is 45.3 Å². The molecule has 1 unspecified atom stereocenters. The van der Waals surface area contributed by atoms with Gasteiger partial charge >= 0.3 is 5.97 Å². The van der Waals surface area contributed by atoms with Gasteiger partial charge in [-0.2, -0.15) is 0 Å². The van der Waals surface area contributed by atoms with Crippen LogP contribution in [0.25, 0.3) is 0 Å². The number of carbonyl (C=O) groups excluding carboxylic acids is 1. The zero-order valence-electron chi connectivity index (χ0n) is 14.1. The molecule has 0 bridgehead atoms. The second-order valence-corrected chi connectivity index (χ2v) is 6.69. The van der Waals surface area contributed by atoms with Gasteiger partial charge in [0.15, 0.2) is 0 Å². The minimum atomic E-state index is -0.520. The predicted molar refractivity (Wildman–Crippen MR) is 89.8 cm³/mol. The van der Waals surface area contributed by atoms with Crippen molar-refractivity contribution in [2.75, 3.05) is 13.7 Å². The minimum Gasteiger partial charge on any atom is -0.466 e. The third-order valence-electron chi connectivity index (χ3n) is 4.40. The summed E-state index contributed by atoms with van der Waals surface area (Å²) in [6.45, 7) is 4.93. The summed E-state index contributed by atoms with van der Waals surface area (Å²) in [6.07, 6.45) is 13.2. The fraction of sp³-hybridized carbons (Fsp3) is 0.526. The van der Waals surface area contributed by atoms with Crippen molar-refractivity contribution < 1.29 is 19.4 Å². The molecule has 0 fully saturated rings. The first kappa shape index (κ1) is 17.7. The Kier molecular flexibility index (Phi) is 5.97. The Hall–Kier alpha value is -1.65. The number of hydrogen-bond donors (Lipinski definition) is 1. The fourth-order valence-electron chi connectivity index (χ4n) is 2.74. The van der Waals surface area contributed by atoms with Crippen molar-refractivity contribution in [1.29, 1.82) is 0 Å². The topological polar surface area (TPSA) is 55.8 Å². The highest BCUT2D eigenvalue weighted by Crippen LogP contribution is 2.35. The molecule has 0 saturated carbocycles. The van der Waals surface area contributed by atoms with Gasteiger partial charge in [-0.3, -0.25) is 0 Å². The van der Waals surface area contributed by atoms with E-state index in [9.17, 15) is 9.90 Å². The van der Waals surface area contributed by atoms with E-state index in [1.54, 1.807) is 6.08 Å². The van der Waals surface area contributed by atoms with Crippen LogP contribution in [0, 0.1) is 5.41 Å². The van der Waals surface area contributed by atoms with Crippen LogP contribution in [0.2, 0.25) is 0 Å². The maximum atomic E-state index is 11.0. The van der Waals surface area contributed by atoms with E-state index in [2.05, 4.69) is 30.7 Å². The molecular formula is C19H26O4. The average Bonchev–Trinajstić information content (AvgIpc) is 2.81. The van der Waals surface area contributed by atoms with Gasteiger partial charge in [0.1, 0.15) is 0 Å². The molecule has 2 aliphatic rings. The SMILES string of the molecule is COC(=O)/C=C/CC[C@@H](O)C1=C(COC2C=CCC2(C)C)C=C1. The fourth-order valence-corrected chi connectivity index (χ4v) is 2.74. The van der Waals surface area contributed by atoms with Crippen molar-refractivity contribution in [2.24, 2.45) is 5.41 Å². The van der Waals surface area contributed by atoms with Crippen LogP contribution in [0.5, 0.6) is 0 Å². The highest BCUT2D eigenvalue weighted by atomic mass is 16.5. The molecule has 2 atom stereocenters. The van der Waals surface area contributed by atoms with Crippen LogP contribution in [0.1, 0.15) is 33.1 Å². The lowest BCUT2D eigenvalue weighted by Gasteiger charge is -2.29. The van der Waals surface area contributed by atoms with E-state index in [-0.39, 0.29) is 17.5 Å². The lowest BCUT2D eigenvalue weighted by Crippen LogP contribution is -2.28. The van der Waals surface area contributed by atoms with Crippen molar-refractivity contribution in [3.05, 3.63) is 47.6 Å². The quantitative estimate of drug-likeness (QED) is 0.424. The third kappa shape index (κ3) is 4.66. The van der Waals surface area contributed by atoms with E-state index >= 15 is 0 Å². The van der Waals surface area contributed by atoms with Crippen LogP contribution in [0.15, 0.2) is 47.6 Å². The molecule has 0 aliphatic heterocycles. The Morgan fingerprint density at radius 2 is 2.26 bits per heavy atom. The van der Waals surface area contributed by atoms with Gasteiger partial charge in [0.05, 0.1) is 25.9 Å². The smallest absolute Gasteiger partial charge is 0.330 e. The third-order valence-corrected chi connectivity index (χ3v) is 4.40. The van der Waals surface area contributed by atoms with Crippen LogP contribution in [0.3, 0.4) is 0 Å². The highest BCUT2D eigenvalue weighted by molar-refractivity contribution is 5.81. The van der Waals surface area contributed by atoms with E-state index in [0.29, 0.717) is 19.4 Å². The van der Waals surface area contributed by atoms with E-state index < -0.39 is 6.10 Å². The van der Waals surface area contributed by atoms with Crippen LogP contribution >= 0.6 is 0 Å². The average molecular weight is 318 g/mol. The van der Waals surface area contributed by atoms with Gasteiger partial charge in [0.2, 0.25) is 0 Å². The summed E-state index contributed by atoms with van der Waals surface area (Å²) in [5.41, 5.74) is 2.15. The molecule has 0 aromatic carbocycles. The molecule has 0 aromatic heterocycles. The predicted octanol–water partition coefficient (Wildman–Crippen LogP) is 3.09. The second-order valence-electron chi connectivity index (χ2n) is 6.69. The summed E-state index contributed by atoms with van der Waals surface area (Å²) in [7, 11) is 1.35. The number of carbonyl (C=O) groups is 1. The summed E-state index contributed by atoms with van der Waals surface area (Å²) in [4.78, 5) is 11.0. The molecule has 126 valence electrons. The van der Waals surface area contributed by atoms with Crippen molar-refractivity contribution in [3.63, 3.8) is 0 Å². The van der Waals surface area contributed by atoms with Gasteiger partial charge in [-0.1, -0.05) is 44.2 Å². The molecule has 0 radical (unpaired) electrons. The minimum absolute atomic E-state index is 0.130. The number of rotatable bonds is 8. The second kappa shape index (κ2) is 7.75. The number of esters is 1. The van der Waals surface area contributed by atoms with Gasteiger partial charge in [-0.15, -0.1) is 0 Å². The molecule has 0 saturated heterocycles. The lowest BCUT2D eigenvalue weighted by atomic mass is 9.88. The van der Waals surface area contributed by atoms with Gasteiger partial charge in [0, 0.05) is 6.08 Å².